The molecule has 0 saturated carbocycles. The Morgan fingerprint density at radius 1 is 1.22 bits per heavy atom. The molecule has 0 atom stereocenters. The number of hydrogen-bond donors (Lipinski definition) is 0. The van der Waals surface area contributed by atoms with Crippen molar-refractivity contribution < 1.29 is 28.2 Å². The smallest absolute Gasteiger partial charge is 0.345 e. The number of nitrogens with zero attached hydrogens (tertiary/aromatic N) is 1. The maximum atomic E-state index is 14.5. The lowest BCUT2D eigenvalue weighted by Gasteiger charge is -2.18. The second-order valence-corrected chi connectivity index (χ2v) is 6.40. The Labute approximate surface area is 159 Å². The van der Waals surface area contributed by atoms with Gasteiger partial charge in [0.05, 0.1) is 10.7 Å². The average molecular weight is 392 g/mol. The van der Waals surface area contributed by atoms with E-state index in [0.717, 1.165) is 29.9 Å². The Morgan fingerprint density at radius 2 is 1.85 bits per heavy atom. The Bertz CT molecular complexity index is 874. The number of ether oxygens (including phenoxy) is 2. The highest BCUT2D eigenvalue weighted by atomic mass is 35.5. The molecule has 2 aliphatic rings. The van der Waals surface area contributed by atoms with Crippen LogP contribution in [0.25, 0.3) is 0 Å². The molecule has 0 aromatic heterocycles. The van der Waals surface area contributed by atoms with Crippen LogP contribution in [0.2, 0.25) is 5.02 Å². The number of anilines is 1. The van der Waals surface area contributed by atoms with Crippen LogP contribution >= 0.6 is 11.6 Å². The summed E-state index contributed by atoms with van der Waals surface area (Å²) in [5.74, 6) is -0.567. The van der Waals surface area contributed by atoms with Crippen LogP contribution in [0.3, 0.4) is 0 Å². The largest absolute Gasteiger partial charge is 0.480 e. The van der Waals surface area contributed by atoms with Gasteiger partial charge in [0, 0.05) is 17.2 Å². The number of carbonyl (C=O) groups is 3. The minimum atomic E-state index is -0.844. The van der Waals surface area contributed by atoms with Crippen molar-refractivity contribution in [3.05, 3.63) is 34.1 Å². The lowest BCUT2D eigenvalue weighted by molar-refractivity contribution is -0.144. The molecule has 0 saturated heterocycles. The van der Waals surface area contributed by atoms with Crippen LogP contribution in [0.5, 0.6) is 5.75 Å². The summed E-state index contributed by atoms with van der Waals surface area (Å²) in [5, 5.41) is -0.113. The van der Waals surface area contributed by atoms with Crippen molar-refractivity contribution in [3.8, 4) is 18.1 Å². The van der Waals surface area contributed by atoms with E-state index in [1.807, 2.05) is 0 Å². The summed E-state index contributed by atoms with van der Waals surface area (Å²) in [6, 6.07) is 2.05. The third-order valence-electron chi connectivity index (χ3n) is 4.29. The Balaban J connectivity index is 1.84. The molecular weight excluding hydrogens is 377 g/mol. The third kappa shape index (κ3) is 3.67. The summed E-state index contributed by atoms with van der Waals surface area (Å²) >= 11 is 5.94. The Morgan fingerprint density at radius 3 is 2.44 bits per heavy atom. The zero-order valence-electron chi connectivity index (χ0n) is 14.2. The minimum absolute atomic E-state index is 0.0591. The molecule has 0 unspecified atom stereocenters. The lowest BCUT2D eigenvalue weighted by Crippen LogP contribution is -2.32. The fraction of sp³-hybridized carbons (Fsp3) is 0.316. The van der Waals surface area contributed by atoms with E-state index in [1.54, 1.807) is 0 Å². The molecule has 0 N–H and O–H groups in total. The van der Waals surface area contributed by atoms with Crippen LogP contribution in [0, 0.1) is 18.2 Å². The summed E-state index contributed by atoms with van der Waals surface area (Å²) < 4.78 is 24.4. The monoisotopic (exact) mass is 391 g/mol. The molecule has 1 aliphatic carbocycles. The number of terminal acetylenes is 1. The van der Waals surface area contributed by atoms with Gasteiger partial charge in [-0.2, -0.15) is 0 Å². The van der Waals surface area contributed by atoms with Crippen molar-refractivity contribution in [2.45, 2.75) is 25.7 Å². The van der Waals surface area contributed by atoms with Crippen LogP contribution in [-0.4, -0.2) is 31.0 Å². The van der Waals surface area contributed by atoms with Gasteiger partial charge in [0.25, 0.3) is 11.8 Å². The summed E-state index contributed by atoms with van der Waals surface area (Å²) in [6.45, 7) is -0.721. The molecule has 6 nitrogen and oxygen atoms in total. The number of imide groups is 1. The van der Waals surface area contributed by atoms with Crippen molar-refractivity contribution in [1.82, 2.24) is 0 Å². The topological polar surface area (TPSA) is 72.9 Å². The molecule has 1 aliphatic heterocycles. The van der Waals surface area contributed by atoms with E-state index in [9.17, 15) is 18.8 Å². The average Bonchev–Trinajstić information content (AvgIpc) is 2.91. The molecule has 1 heterocycles. The van der Waals surface area contributed by atoms with E-state index in [4.69, 9.17) is 22.8 Å². The normalized spacial score (nSPS) is 16.3. The standard InChI is InChI=1S/C19H15ClFNO5/c1-2-7-26-17(23)10-27-16-9-15(14(21)8-13(16)20)22-18(24)11-5-3-4-6-12(11)19(22)25/h1,8-9H,3-7,10H2. The molecule has 0 spiro atoms. The van der Waals surface area contributed by atoms with Crippen molar-refractivity contribution in [3.63, 3.8) is 0 Å². The predicted molar refractivity (Wildman–Crippen MR) is 94.7 cm³/mol. The van der Waals surface area contributed by atoms with Gasteiger partial charge < -0.3 is 9.47 Å². The van der Waals surface area contributed by atoms with Gasteiger partial charge in [-0.1, -0.05) is 17.5 Å². The molecule has 140 valence electrons. The van der Waals surface area contributed by atoms with Gasteiger partial charge in [0.1, 0.15) is 11.6 Å². The van der Waals surface area contributed by atoms with Gasteiger partial charge in [-0.05, 0) is 31.7 Å². The fourth-order valence-corrected chi connectivity index (χ4v) is 3.26. The second-order valence-electron chi connectivity index (χ2n) is 6.00. The van der Waals surface area contributed by atoms with Crippen molar-refractivity contribution in [1.29, 1.82) is 0 Å². The van der Waals surface area contributed by atoms with Crippen molar-refractivity contribution >= 4 is 35.1 Å². The maximum Gasteiger partial charge on any atom is 0.345 e. The molecule has 3 rings (SSSR count). The van der Waals surface area contributed by atoms with Crippen molar-refractivity contribution in [2.24, 2.45) is 0 Å². The first-order valence-electron chi connectivity index (χ1n) is 8.25. The SMILES string of the molecule is C#CCOC(=O)COc1cc(N2C(=O)C3=C(CCCC3)C2=O)c(F)cc1Cl. The number of esters is 1. The van der Waals surface area contributed by atoms with Gasteiger partial charge in [-0.15, -0.1) is 6.42 Å². The van der Waals surface area contributed by atoms with Gasteiger partial charge in [0.15, 0.2) is 13.2 Å². The van der Waals surface area contributed by atoms with Gasteiger partial charge in [0.2, 0.25) is 0 Å². The van der Waals surface area contributed by atoms with Crippen LogP contribution < -0.4 is 9.64 Å². The van der Waals surface area contributed by atoms with Gasteiger partial charge in [-0.3, -0.25) is 9.59 Å². The van der Waals surface area contributed by atoms with Crippen LogP contribution in [0.4, 0.5) is 10.1 Å². The first-order valence-corrected chi connectivity index (χ1v) is 8.63. The summed E-state index contributed by atoms with van der Waals surface area (Å²) in [6.07, 6.45) is 7.60. The predicted octanol–water partition coefficient (Wildman–Crippen LogP) is 2.78. The molecule has 0 radical (unpaired) electrons. The molecular formula is C19H15ClFNO5. The number of halogens is 2. The van der Waals surface area contributed by atoms with Gasteiger partial charge >= 0.3 is 5.97 Å². The highest BCUT2D eigenvalue weighted by Crippen LogP contribution is 2.39. The van der Waals surface area contributed by atoms with Crippen molar-refractivity contribution in [2.75, 3.05) is 18.1 Å². The first-order chi connectivity index (χ1) is 12.9. The first kappa shape index (κ1) is 18.9. The molecule has 1 aromatic rings. The molecule has 1 aromatic carbocycles. The summed E-state index contributed by atoms with van der Waals surface area (Å²) in [7, 11) is 0. The number of hydrogen-bond acceptors (Lipinski definition) is 5. The highest BCUT2D eigenvalue weighted by Gasteiger charge is 2.41. The van der Waals surface area contributed by atoms with E-state index in [2.05, 4.69) is 10.7 Å². The molecule has 2 amide bonds. The molecule has 0 fully saturated rings. The molecule has 27 heavy (non-hydrogen) atoms. The zero-order valence-corrected chi connectivity index (χ0v) is 15.0. The van der Waals surface area contributed by atoms with E-state index in [0.29, 0.717) is 24.0 Å². The number of carbonyl (C=O) groups excluding carboxylic acids is 3. The highest BCUT2D eigenvalue weighted by molar-refractivity contribution is 6.34. The van der Waals surface area contributed by atoms with Crippen LogP contribution in [0.1, 0.15) is 25.7 Å². The maximum absolute atomic E-state index is 14.5. The quantitative estimate of drug-likeness (QED) is 0.438. The minimum Gasteiger partial charge on any atom is -0.480 e. The number of amides is 2. The number of benzene rings is 1. The van der Waals surface area contributed by atoms with E-state index >= 15 is 0 Å². The molecule has 8 heteroatoms. The van der Waals surface area contributed by atoms with Gasteiger partial charge in [-0.25, -0.2) is 14.1 Å². The second kappa shape index (κ2) is 7.80. The third-order valence-corrected chi connectivity index (χ3v) is 4.59. The van der Waals surface area contributed by atoms with Crippen LogP contribution in [-0.2, 0) is 19.1 Å². The molecule has 0 bridgehead atoms. The fourth-order valence-electron chi connectivity index (χ4n) is 3.06. The Hall–Kier alpha value is -2.85. The lowest BCUT2D eigenvalue weighted by atomic mass is 9.93. The Kier molecular flexibility index (Phi) is 5.47. The number of rotatable bonds is 5. The zero-order chi connectivity index (χ0) is 19.6. The van der Waals surface area contributed by atoms with E-state index < -0.39 is 30.2 Å². The van der Waals surface area contributed by atoms with Crippen LogP contribution in [0.15, 0.2) is 23.3 Å². The van der Waals surface area contributed by atoms with E-state index in [-0.39, 0.29) is 23.1 Å². The summed E-state index contributed by atoms with van der Waals surface area (Å²) in [5.41, 5.74) is 0.595. The summed E-state index contributed by atoms with van der Waals surface area (Å²) in [4.78, 5) is 37.5. The van der Waals surface area contributed by atoms with E-state index in [1.165, 1.54) is 0 Å².